The number of hydrogen-bond acceptors (Lipinski definition) is 6. The van der Waals surface area contributed by atoms with E-state index in [2.05, 4.69) is 31.2 Å². The first kappa shape index (κ1) is 19.8. The Hall–Kier alpha value is -3.46. The lowest BCUT2D eigenvalue weighted by molar-refractivity contribution is -0.120. The highest BCUT2D eigenvalue weighted by Gasteiger charge is 2.32. The summed E-state index contributed by atoms with van der Waals surface area (Å²) in [7, 11) is 1.58. The summed E-state index contributed by atoms with van der Waals surface area (Å²) in [6.45, 7) is -0.0353. The van der Waals surface area contributed by atoms with Gasteiger partial charge in [0, 0.05) is 25.5 Å². The summed E-state index contributed by atoms with van der Waals surface area (Å²) in [5.41, 5.74) is 0.125. The third-order valence-electron chi connectivity index (χ3n) is 4.43. The van der Waals surface area contributed by atoms with Gasteiger partial charge in [-0.25, -0.2) is 4.98 Å². The van der Waals surface area contributed by atoms with Crippen LogP contribution in [-0.4, -0.2) is 41.5 Å². The van der Waals surface area contributed by atoms with Crippen LogP contribution in [0.5, 0.6) is 17.2 Å². The molecule has 0 spiro atoms. The highest BCUT2D eigenvalue weighted by atomic mass is 79.9. The van der Waals surface area contributed by atoms with Gasteiger partial charge in [-0.05, 0) is 40.2 Å². The van der Waals surface area contributed by atoms with Crippen LogP contribution < -0.4 is 19.7 Å². The number of nitrogens with one attached hydrogen (secondary N) is 1. The van der Waals surface area contributed by atoms with E-state index in [1.165, 1.54) is 17.2 Å². The zero-order valence-electron chi connectivity index (χ0n) is 15.9. The van der Waals surface area contributed by atoms with Gasteiger partial charge in [0.1, 0.15) is 29.8 Å². The number of rotatable bonds is 4. The summed E-state index contributed by atoms with van der Waals surface area (Å²) in [5.74, 6) is 1.07. The van der Waals surface area contributed by atoms with Gasteiger partial charge >= 0.3 is 0 Å². The SMILES string of the molecule is CN1C(=O)C(NC(=O)c2cc(Oc3ccccc3)ccn2)COc2c(Br)ccnc21. The number of anilines is 1. The van der Waals surface area contributed by atoms with E-state index in [4.69, 9.17) is 9.47 Å². The van der Waals surface area contributed by atoms with Crippen LogP contribution in [0.25, 0.3) is 0 Å². The molecule has 4 rings (SSSR count). The van der Waals surface area contributed by atoms with Crippen LogP contribution in [0.3, 0.4) is 0 Å². The standard InChI is InChI=1S/C21H17BrN4O4/c1-26-19-18(15(22)8-10-24-19)29-12-17(21(26)28)25-20(27)16-11-14(7-9-23-16)30-13-5-3-2-4-6-13/h2-11,17H,12H2,1H3,(H,25,27). The average molecular weight is 469 g/mol. The number of para-hydroxylation sites is 1. The lowest BCUT2D eigenvalue weighted by atomic mass is 10.2. The molecule has 1 N–H and O–H groups in total. The van der Waals surface area contributed by atoms with Gasteiger partial charge in [-0.15, -0.1) is 0 Å². The van der Waals surface area contributed by atoms with Crippen molar-refractivity contribution in [2.24, 2.45) is 0 Å². The van der Waals surface area contributed by atoms with Gasteiger partial charge < -0.3 is 14.8 Å². The number of halogens is 1. The molecule has 2 aromatic heterocycles. The van der Waals surface area contributed by atoms with Crippen LogP contribution in [0.1, 0.15) is 10.5 Å². The van der Waals surface area contributed by atoms with Gasteiger partial charge in [-0.1, -0.05) is 18.2 Å². The van der Waals surface area contributed by atoms with Crippen LogP contribution in [0.4, 0.5) is 5.82 Å². The first-order chi connectivity index (χ1) is 14.5. The number of fused-ring (bicyclic) bond motifs is 1. The highest BCUT2D eigenvalue weighted by Crippen LogP contribution is 2.35. The van der Waals surface area contributed by atoms with E-state index < -0.39 is 11.9 Å². The monoisotopic (exact) mass is 468 g/mol. The van der Waals surface area contributed by atoms with E-state index in [-0.39, 0.29) is 18.2 Å². The number of ether oxygens (including phenoxy) is 2. The lowest BCUT2D eigenvalue weighted by Gasteiger charge is -2.19. The Bertz CT molecular complexity index is 1090. The van der Waals surface area contributed by atoms with Crippen LogP contribution >= 0.6 is 15.9 Å². The minimum Gasteiger partial charge on any atom is -0.486 e. The summed E-state index contributed by atoms with van der Waals surface area (Å²) < 4.78 is 12.2. The Morgan fingerprint density at radius 3 is 2.73 bits per heavy atom. The predicted molar refractivity (Wildman–Crippen MR) is 113 cm³/mol. The van der Waals surface area contributed by atoms with Crippen molar-refractivity contribution < 1.29 is 19.1 Å². The maximum absolute atomic E-state index is 12.8. The number of likely N-dealkylation sites (N-methyl/N-ethyl adjacent to an activating group) is 1. The molecule has 0 saturated heterocycles. The van der Waals surface area contributed by atoms with Gasteiger partial charge in [0.2, 0.25) is 0 Å². The van der Waals surface area contributed by atoms with Gasteiger partial charge in [-0.3, -0.25) is 19.5 Å². The Kier molecular flexibility index (Phi) is 5.62. The van der Waals surface area contributed by atoms with Gasteiger partial charge in [0.25, 0.3) is 11.8 Å². The van der Waals surface area contributed by atoms with E-state index in [9.17, 15) is 9.59 Å². The molecule has 30 heavy (non-hydrogen) atoms. The molecule has 1 atom stereocenters. The van der Waals surface area contributed by atoms with Crippen molar-refractivity contribution in [2.75, 3.05) is 18.6 Å². The maximum Gasteiger partial charge on any atom is 0.270 e. The number of benzene rings is 1. The number of hydrogen-bond donors (Lipinski definition) is 1. The van der Waals surface area contributed by atoms with Crippen molar-refractivity contribution in [1.29, 1.82) is 0 Å². The van der Waals surface area contributed by atoms with E-state index in [0.29, 0.717) is 27.5 Å². The molecular weight excluding hydrogens is 452 g/mol. The fourth-order valence-corrected chi connectivity index (χ4v) is 3.33. The molecule has 152 valence electrons. The van der Waals surface area contributed by atoms with Gasteiger partial charge in [-0.2, -0.15) is 0 Å². The molecule has 0 saturated carbocycles. The topological polar surface area (TPSA) is 93.7 Å². The van der Waals surface area contributed by atoms with Crippen LogP contribution in [0, 0.1) is 0 Å². The fourth-order valence-electron chi connectivity index (χ4n) is 2.92. The summed E-state index contributed by atoms with van der Waals surface area (Å²) in [4.78, 5) is 35.2. The number of carbonyl (C=O) groups is 2. The Morgan fingerprint density at radius 2 is 1.93 bits per heavy atom. The second-order valence-electron chi connectivity index (χ2n) is 6.47. The van der Waals surface area contributed by atoms with E-state index in [1.807, 2.05) is 18.2 Å². The molecule has 3 aromatic rings. The lowest BCUT2D eigenvalue weighted by Crippen LogP contribution is -2.49. The Labute approximate surface area is 181 Å². The van der Waals surface area contributed by atoms with Gasteiger partial charge in [0.15, 0.2) is 11.6 Å². The zero-order chi connectivity index (χ0) is 21.1. The molecule has 3 heterocycles. The number of amides is 2. The highest BCUT2D eigenvalue weighted by molar-refractivity contribution is 9.10. The average Bonchev–Trinajstić information content (AvgIpc) is 2.88. The Morgan fingerprint density at radius 1 is 1.17 bits per heavy atom. The third-order valence-corrected chi connectivity index (χ3v) is 5.05. The summed E-state index contributed by atoms with van der Waals surface area (Å²) in [6, 6.07) is 13.2. The van der Waals surface area contributed by atoms with E-state index in [1.54, 1.807) is 37.5 Å². The Balaban J connectivity index is 1.50. The molecule has 1 aliphatic rings. The van der Waals surface area contributed by atoms with Crippen molar-refractivity contribution in [1.82, 2.24) is 15.3 Å². The first-order valence-corrected chi connectivity index (χ1v) is 9.87. The molecule has 1 unspecified atom stereocenters. The molecule has 0 aliphatic carbocycles. The van der Waals surface area contributed by atoms with Crippen molar-refractivity contribution in [3.63, 3.8) is 0 Å². The predicted octanol–water partition coefficient (Wildman–Crippen LogP) is 3.19. The van der Waals surface area contributed by atoms with E-state index in [0.717, 1.165) is 0 Å². The molecule has 1 aromatic carbocycles. The maximum atomic E-state index is 12.8. The number of nitrogens with zero attached hydrogens (tertiary/aromatic N) is 3. The first-order valence-electron chi connectivity index (χ1n) is 9.07. The summed E-state index contributed by atoms with van der Waals surface area (Å²) in [5, 5.41) is 2.68. The number of pyridine rings is 2. The second-order valence-corrected chi connectivity index (χ2v) is 7.33. The normalized spacial score (nSPS) is 15.6. The van der Waals surface area contributed by atoms with Crippen molar-refractivity contribution in [3.8, 4) is 17.2 Å². The zero-order valence-corrected chi connectivity index (χ0v) is 17.5. The molecule has 1 aliphatic heterocycles. The van der Waals surface area contributed by atoms with Crippen LogP contribution in [0.15, 0.2) is 65.4 Å². The van der Waals surface area contributed by atoms with Gasteiger partial charge in [0.05, 0.1) is 4.47 Å². The smallest absolute Gasteiger partial charge is 0.270 e. The van der Waals surface area contributed by atoms with E-state index >= 15 is 0 Å². The summed E-state index contributed by atoms with van der Waals surface area (Å²) in [6.07, 6.45) is 3.04. The molecule has 0 bridgehead atoms. The van der Waals surface area contributed by atoms with Crippen molar-refractivity contribution in [3.05, 3.63) is 71.1 Å². The minimum atomic E-state index is -0.899. The summed E-state index contributed by atoms with van der Waals surface area (Å²) >= 11 is 3.39. The number of carbonyl (C=O) groups excluding carboxylic acids is 2. The number of aromatic nitrogens is 2. The second kappa shape index (κ2) is 8.50. The molecule has 0 radical (unpaired) electrons. The van der Waals surface area contributed by atoms with Crippen LogP contribution in [0.2, 0.25) is 0 Å². The molecule has 2 amide bonds. The minimum absolute atomic E-state index is 0.0353. The molecule has 0 fully saturated rings. The van der Waals surface area contributed by atoms with Crippen molar-refractivity contribution in [2.45, 2.75) is 6.04 Å². The molecular formula is C21H17BrN4O4. The quantitative estimate of drug-likeness (QED) is 0.631. The molecule has 9 heteroatoms. The third kappa shape index (κ3) is 4.11. The van der Waals surface area contributed by atoms with Crippen molar-refractivity contribution >= 4 is 33.6 Å². The fraction of sp³-hybridized carbons (Fsp3) is 0.143. The molecule has 8 nitrogen and oxygen atoms in total. The largest absolute Gasteiger partial charge is 0.486 e. The van der Waals surface area contributed by atoms with Crippen LogP contribution in [-0.2, 0) is 4.79 Å².